The number of nitrogens with zero attached hydrogens (tertiary/aromatic N) is 3. The Morgan fingerprint density at radius 1 is 1.71 bits per heavy atom. The Labute approximate surface area is 85.4 Å². The summed E-state index contributed by atoms with van der Waals surface area (Å²) in [6.07, 6.45) is 0.456. The Morgan fingerprint density at radius 2 is 2.50 bits per heavy atom. The molecule has 2 rings (SSSR count). The number of halogens is 1. The lowest BCUT2D eigenvalue weighted by Crippen LogP contribution is -2.25. The minimum atomic E-state index is -0.00495. The number of hydrogen-bond donors (Lipinski definition) is 2. The third-order valence-corrected chi connectivity index (χ3v) is 2.59. The van der Waals surface area contributed by atoms with E-state index in [4.69, 9.17) is 17.3 Å². The van der Waals surface area contributed by atoms with Gasteiger partial charge in [-0.25, -0.2) is 5.10 Å². The molecule has 0 radical (unpaired) electrons. The maximum atomic E-state index is 11.5. The Balaban J connectivity index is 2.16. The summed E-state index contributed by atoms with van der Waals surface area (Å²) >= 11 is 5.68. The molecular formula is C7H10ClN5O. The van der Waals surface area contributed by atoms with Gasteiger partial charge in [-0.2, -0.15) is 4.98 Å². The van der Waals surface area contributed by atoms with E-state index in [1.54, 1.807) is 0 Å². The van der Waals surface area contributed by atoms with Gasteiger partial charge in [0.15, 0.2) is 0 Å². The first-order chi connectivity index (χ1) is 6.70. The summed E-state index contributed by atoms with van der Waals surface area (Å²) in [6, 6.07) is 0. The molecule has 1 aromatic rings. The molecule has 1 fully saturated rings. The number of H-pyrrole nitrogens is 1. The van der Waals surface area contributed by atoms with E-state index in [1.807, 2.05) is 0 Å². The Hall–Kier alpha value is -1.30. The van der Waals surface area contributed by atoms with Crippen LogP contribution in [0.4, 0.5) is 11.9 Å². The first-order valence-corrected chi connectivity index (χ1v) is 4.78. The van der Waals surface area contributed by atoms with Crippen LogP contribution in [0.5, 0.6) is 0 Å². The van der Waals surface area contributed by atoms with Crippen molar-refractivity contribution in [2.75, 3.05) is 23.1 Å². The van der Waals surface area contributed by atoms with Gasteiger partial charge < -0.3 is 5.73 Å². The molecule has 0 aromatic carbocycles. The number of nitrogens with one attached hydrogen (secondary N) is 1. The minimum Gasteiger partial charge on any atom is -0.368 e. The van der Waals surface area contributed by atoms with Crippen LogP contribution in [0, 0.1) is 5.92 Å². The molecule has 0 bridgehead atoms. The largest absolute Gasteiger partial charge is 0.368 e. The maximum Gasteiger partial charge on any atom is 0.252 e. The van der Waals surface area contributed by atoms with Crippen molar-refractivity contribution < 1.29 is 4.79 Å². The Bertz CT molecular complexity index is 352. The van der Waals surface area contributed by atoms with Crippen LogP contribution >= 0.6 is 11.6 Å². The number of carbonyl (C=O) groups excluding carboxylic acids is 1. The van der Waals surface area contributed by atoms with Gasteiger partial charge in [-0.3, -0.25) is 9.69 Å². The zero-order valence-electron chi connectivity index (χ0n) is 7.40. The van der Waals surface area contributed by atoms with E-state index in [1.165, 1.54) is 4.90 Å². The summed E-state index contributed by atoms with van der Waals surface area (Å²) in [6.45, 7) is 0.569. The second-order valence-corrected chi connectivity index (χ2v) is 3.56. The van der Waals surface area contributed by atoms with Gasteiger partial charge in [0.05, 0.1) is 0 Å². The molecule has 2 heterocycles. The van der Waals surface area contributed by atoms with Crippen LogP contribution in [0.3, 0.4) is 0 Å². The van der Waals surface area contributed by atoms with Crippen molar-refractivity contribution in [3.8, 4) is 0 Å². The monoisotopic (exact) mass is 215 g/mol. The molecule has 1 amide bonds. The zero-order valence-corrected chi connectivity index (χ0v) is 8.16. The number of nitrogens with two attached hydrogens (primary N) is 1. The molecule has 7 heteroatoms. The molecule has 0 aliphatic carbocycles. The van der Waals surface area contributed by atoms with Crippen LogP contribution < -0.4 is 10.6 Å². The maximum absolute atomic E-state index is 11.5. The van der Waals surface area contributed by atoms with E-state index >= 15 is 0 Å². The average molecular weight is 216 g/mol. The van der Waals surface area contributed by atoms with E-state index in [0.29, 0.717) is 24.8 Å². The van der Waals surface area contributed by atoms with Crippen molar-refractivity contribution in [2.45, 2.75) is 6.42 Å². The van der Waals surface area contributed by atoms with Crippen molar-refractivity contribution in [2.24, 2.45) is 5.92 Å². The highest BCUT2D eigenvalue weighted by molar-refractivity contribution is 6.18. The lowest BCUT2D eigenvalue weighted by molar-refractivity contribution is -0.117. The van der Waals surface area contributed by atoms with Crippen molar-refractivity contribution in [1.82, 2.24) is 15.2 Å². The molecule has 0 saturated carbocycles. The van der Waals surface area contributed by atoms with Crippen LogP contribution in [-0.4, -0.2) is 33.5 Å². The first kappa shape index (κ1) is 9.26. The van der Waals surface area contributed by atoms with Crippen molar-refractivity contribution in [3.63, 3.8) is 0 Å². The van der Waals surface area contributed by atoms with Crippen molar-refractivity contribution in [3.05, 3.63) is 0 Å². The van der Waals surface area contributed by atoms with Crippen LogP contribution in [-0.2, 0) is 4.79 Å². The Kier molecular flexibility index (Phi) is 2.28. The van der Waals surface area contributed by atoms with Crippen molar-refractivity contribution >= 4 is 29.4 Å². The number of aromatic amines is 1. The predicted octanol–water partition coefficient (Wildman–Crippen LogP) is -0.0214. The third-order valence-electron chi connectivity index (χ3n) is 2.16. The van der Waals surface area contributed by atoms with Gasteiger partial charge >= 0.3 is 0 Å². The number of carbonyl (C=O) groups is 1. The molecule has 1 aromatic heterocycles. The molecule has 1 unspecified atom stereocenters. The van der Waals surface area contributed by atoms with Crippen LogP contribution in [0.1, 0.15) is 6.42 Å². The molecule has 0 spiro atoms. The number of nitrogen functional groups attached to an aromatic ring is 1. The summed E-state index contributed by atoms with van der Waals surface area (Å²) in [7, 11) is 0. The fourth-order valence-corrected chi connectivity index (χ4v) is 1.67. The van der Waals surface area contributed by atoms with E-state index in [-0.39, 0.29) is 17.8 Å². The molecule has 1 saturated heterocycles. The van der Waals surface area contributed by atoms with Gasteiger partial charge in [0.25, 0.3) is 5.95 Å². The summed E-state index contributed by atoms with van der Waals surface area (Å²) in [4.78, 5) is 16.9. The van der Waals surface area contributed by atoms with E-state index in [0.717, 1.165) is 0 Å². The molecule has 3 N–H and O–H groups in total. The summed E-state index contributed by atoms with van der Waals surface area (Å²) < 4.78 is 0. The second kappa shape index (κ2) is 3.45. The van der Waals surface area contributed by atoms with Gasteiger partial charge in [0.1, 0.15) is 0 Å². The molecule has 1 atom stereocenters. The minimum absolute atomic E-state index is 0.00495. The summed E-state index contributed by atoms with van der Waals surface area (Å²) in [5, 5.41) is 6.31. The normalized spacial score (nSPS) is 21.9. The highest BCUT2D eigenvalue weighted by Gasteiger charge is 2.32. The lowest BCUT2D eigenvalue weighted by Gasteiger charge is -2.10. The third kappa shape index (κ3) is 1.52. The van der Waals surface area contributed by atoms with Crippen LogP contribution in [0.15, 0.2) is 0 Å². The van der Waals surface area contributed by atoms with Gasteiger partial charge in [0, 0.05) is 18.8 Å². The number of hydrogen-bond acceptors (Lipinski definition) is 4. The fraction of sp³-hybridized carbons (Fsp3) is 0.571. The number of aromatic nitrogens is 3. The Morgan fingerprint density at radius 3 is 3.00 bits per heavy atom. The highest BCUT2D eigenvalue weighted by atomic mass is 35.5. The lowest BCUT2D eigenvalue weighted by atomic mass is 10.2. The van der Waals surface area contributed by atoms with Gasteiger partial charge in [-0.1, -0.05) is 0 Å². The fourth-order valence-electron chi connectivity index (χ4n) is 1.46. The standard InChI is InChI=1S/C7H10ClN5O/c8-2-4-1-5(14)13(3-4)7-10-6(9)11-12-7/h4H,1-3H2,(H3,9,10,11,12). The van der Waals surface area contributed by atoms with E-state index in [2.05, 4.69) is 15.2 Å². The SMILES string of the molecule is Nc1nc(N2CC(CCl)CC2=O)n[nH]1. The molecular weight excluding hydrogens is 206 g/mol. The summed E-state index contributed by atoms with van der Waals surface area (Å²) in [5.74, 6) is 1.20. The molecule has 1 aliphatic heterocycles. The zero-order chi connectivity index (χ0) is 10.1. The smallest absolute Gasteiger partial charge is 0.252 e. The number of rotatable bonds is 2. The van der Waals surface area contributed by atoms with Crippen molar-refractivity contribution in [1.29, 1.82) is 0 Å². The number of anilines is 2. The molecule has 1 aliphatic rings. The van der Waals surface area contributed by atoms with Gasteiger partial charge in [-0.05, 0) is 5.92 Å². The second-order valence-electron chi connectivity index (χ2n) is 3.25. The van der Waals surface area contributed by atoms with E-state index in [9.17, 15) is 4.79 Å². The highest BCUT2D eigenvalue weighted by Crippen LogP contribution is 2.22. The van der Waals surface area contributed by atoms with Crippen LogP contribution in [0.2, 0.25) is 0 Å². The van der Waals surface area contributed by atoms with Gasteiger partial charge in [0.2, 0.25) is 11.9 Å². The van der Waals surface area contributed by atoms with E-state index < -0.39 is 0 Å². The van der Waals surface area contributed by atoms with Gasteiger partial charge in [-0.15, -0.1) is 16.7 Å². The average Bonchev–Trinajstić information content (AvgIpc) is 2.71. The predicted molar refractivity (Wildman–Crippen MR) is 52.0 cm³/mol. The van der Waals surface area contributed by atoms with Crippen LogP contribution in [0.25, 0.3) is 0 Å². The first-order valence-electron chi connectivity index (χ1n) is 4.25. The number of amides is 1. The molecule has 14 heavy (non-hydrogen) atoms. The molecule has 6 nitrogen and oxygen atoms in total. The quantitative estimate of drug-likeness (QED) is 0.679. The topological polar surface area (TPSA) is 87.9 Å². The number of alkyl halides is 1. The molecule has 76 valence electrons. The summed E-state index contributed by atoms with van der Waals surface area (Å²) in [5.41, 5.74) is 5.37.